The molecule has 0 radical (unpaired) electrons. The second kappa shape index (κ2) is 6.23. The van der Waals surface area contributed by atoms with Crippen LogP contribution in [0.2, 0.25) is 10.0 Å². The van der Waals surface area contributed by atoms with Crippen molar-refractivity contribution in [1.82, 2.24) is 0 Å². The van der Waals surface area contributed by atoms with E-state index in [-0.39, 0.29) is 5.02 Å². The predicted octanol–water partition coefficient (Wildman–Crippen LogP) is 5.13. The maximum Gasteiger partial charge on any atom is 0.142 e. The van der Waals surface area contributed by atoms with Crippen LogP contribution in [-0.2, 0) is 5.54 Å². The van der Waals surface area contributed by atoms with E-state index >= 15 is 0 Å². The number of hydrogen-bond acceptors (Lipinski definition) is 1. The molecule has 0 bridgehead atoms. The summed E-state index contributed by atoms with van der Waals surface area (Å²) in [5, 5.41) is 0.455. The Kier molecular flexibility index (Phi) is 5.45. The van der Waals surface area contributed by atoms with E-state index in [2.05, 4.69) is 13.8 Å². The first kappa shape index (κ1) is 15.7. The molecule has 4 heteroatoms. The van der Waals surface area contributed by atoms with Crippen molar-refractivity contribution in [2.24, 2.45) is 11.7 Å². The highest BCUT2D eigenvalue weighted by Gasteiger charge is 2.27. The summed E-state index contributed by atoms with van der Waals surface area (Å²) in [7, 11) is 0. The molecule has 1 aromatic carbocycles. The summed E-state index contributed by atoms with van der Waals surface area (Å²) in [6.45, 7) is 6.17. The van der Waals surface area contributed by atoms with Crippen molar-refractivity contribution in [1.29, 1.82) is 0 Å². The van der Waals surface area contributed by atoms with Crippen molar-refractivity contribution >= 4 is 23.2 Å². The van der Waals surface area contributed by atoms with E-state index in [1.807, 2.05) is 6.92 Å². The minimum atomic E-state index is -0.642. The number of rotatable bonds is 5. The molecule has 0 aliphatic rings. The van der Waals surface area contributed by atoms with E-state index in [1.54, 1.807) is 0 Å². The predicted molar refractivity (Wildman–Crippen MR) is 76.6 cm³/mol. The van der Waals surface area contributed by atoms with Gasteiger partial charge < -0.3 is 5.73 Å². The molecule has 0 amide bonds. The molecule has 1 aromatic rings. The van der Waals surface area contributed by atoms with Gasteiger partial charge in [0.25, 0.3) is 0 Å². The van der Waals surface area contributed by atoms with Crippen molar-refractivity contribution in [3.8, 4) is 0 Å². The molecule has 2 atom stereocenters. The summed E-state index contributed by atoms with van der Waals surface area (Å²) >= 11 is 11.8. The van der Waals surface area contributed by atoms with Crippen molar-refractivity contribution in [3.63, 3.8) is 0 Å². The van der Waals surface area contributed by atoms with E-state index < -0.39 is 11.4 Å². The third kappa shape index (κ3) is 3.84. The molecule has 18 heavy (non-hydrogen) atoms. The third-order valence-corrected chi connectivity index (χ3v) is 3.78. The lowest BCUT2D eigenvalue weighted by atomic mass is 9.83. The molecule has 1 rings (SSSR count). The minimum absolute atomic E-state index is 0.0288. The summed E-state index contributed by atoms with van der Waals surface area (Å²) in [5.41, 5.74) is 6.27. The van der Waals surface area contributed by atoms with E-state index in [0.29, 0.717) is 16.5 Å². The third-order valence-electron chi connectivity index (χ3n) is 3.18. The highest BCUT2D eigenvalue weighted by atomic mass is 35.5. The molecule has 0 saturated carbocycles. The van der Waals surface area contributed by atoms with Crippen molar-refractivity contribution in [2.45, 2.75) is 45.6 Å². The van der Waals surface area contributed by atoms with Crippen molar-refractivity contribution in [2.75, 3.05) is 0 Å². The van der Waals surface area contributed by atoms with Crippen LogP contribution in [0.3, 0.4) is 0 Å². The van der Waals surface area contributed by atoms with Gasteiger partial charge in [-0.05, 0) is 37.0 Å². The Morgan fingerprint density at radius 3 is 2.50 bits per heavy atom. The second-order valence-corrected chi connectivity index (χ2v) is 6.08. The first-order valence-corrected chi connectivity index (χ1v) is 6.97. The summed E-state index contributed by atoms with van der Waals surface area (Å²) in [4.78, 5) is 0. The van der Waals surface area contributed by atoms with Gasteiger partial charge in [0.15, 0.2) is 0 Å². The van der Waals surface area contributed by atoms with Crippen LogP contribution in [0.25, 0.3) is 0 Å². The van der Waals surface area contributed by atoms with Gasteiger partial charge in [0.05, 0.1) is 5.02 Å². The fourth-order valence-corrected chi connectivity index (χ4v) is 2.99. The average Bonchev–Trinajstić information content (AvgIpc) is 2.22. The molecule has 0 aliphatic carbocycles. The van der Waals surface area contributed by atoms with Crippen LogP contribution < -0.4 is 5.73 Å². The van der Waals surface area contributed by atoms with Gasteiger partial charge in [-0.15, -0.1) is 0 Å². The first-order valence-electron chi connectivity index (χ1n) is 6.21. The monoisotopic (exact) mass is 291 g/mol. The molecule has 0 spiro atoms. The number of hydrogen-bond donors (Lipinski definition) is 1. The van der Waals surface area contributed by atoms with Crippen molar-refractivity contribution < 1.29 is 4.39 Å². The van der Waals surface area contributed by atoms with E-state index in [9.17, 15) is 4.39 Å². The summed E-state index contributed by atoms with van der Waals surface area (Å²) in [6.07, 6.45) is 2.97. The normalized spacial score (nSPS) is 16.4. The van der Waals surface area contributed by atoms with Gasteiger partial charge in [0.1, 0.15) is 5.82 Å². The molecule has 0 aromatic heterocycles. The Labute approximate surface area is 118 Å². The standard InChI is InChI=1S/C14H20Cl2FN/c1-4-5-9(2)8-14(3,18)10-6-13(17)12(16)7-11(10)15/h6-7,9H,4-5,8,18H2,1-3H3. The van der Waals surface area contributed by atoms with Gasteiger partial charge >= 0.3 is 0 Å². The van der Waals surface area contributed by atoms with Crippen LogP contribution in [0.4, 0.5) is 4.39 Å². The Morgan fingerprint density at radius 1 is 1.33 bits per heavy atom. The summed E-state index contributed by atoms with van der Waals surface area (Å²) in [5.74, 6) is -0.00399. The number of benzene rings is 1. The van der Waals surface area contributed by atoms with Gasteiger partial charge in [-0.2, -0.15) is 0 Å². The zero-order chi connectivity index (χ0) is 13.9. The highest BCUT2D eigenvalue weighted by Crippen LogP contribution is 2.35. The number of nitrogens with two attached hydrogens (primary N) is 1. The topological polar surface area (TPSA) is 26.0 Å². The molecule has 1 nitrogen and oxygen atoms in total. The van der Waals surface area contributed by atoms with E-state index in [0.717, 1.165) is 19.3 Å². The molecule has 0 aliphatic heterocycles. The smallest absolute Gasteiger partial charge is 0.142 e. The molecular formula is C14H20Cl2FN. The van der Waals surface area contributed by atoms with Crippen LogP contribution >= 0.6 is 23.2 Å². The van der Waals surface area contributed by atoms with Crippen molar-refractivity contribution in [3.05, 3.63) is 33.6 Å². The van der Waals surface area contributed by atoms with Gasteiger partial charge in [0.2, 0.25) is 0 Å². The molecule has 102 valence electrons. The SMILES string of the molecule is CCCC(C)CC(C)(N)c1cc(F)c(Cl)cc1Cl. The molecule has 0 heterocycles. The Hall–Kier alpha value is -0.310. The Balaban J connectivity index is 3.00. The van der Waals surface area contributed by atoms with Gasteiger partial charge in [-0.3, -0.25) is 0 Å². The lowest BCUT2D eigenvalue weighted by Crippen LogP contribution is -2.35. The number of halogens is 3. The zero-order valence-electron chi connectivity index (χ0n) is 11.1. The Bertz CT molecular complexity index is 419. The maximum absolute atomic E-state index is 13.5. The molecule has 0 saturated heterocycles. The Morgan fingerprint density at radius 2 is 1.94 bits per heavy atom. The highest BCUT2D eigenvalue weighted by molar-refractivity contribution is 6.35. The zero-order valence-corrected chi connectivity index (χ0v) is 12.6. The summed E-state index contributed by atoms with van der Waals surface area (Å²) < 4.78 is 13.5. The quantitative estimate of drug-likeness (QED) is 0.748. The fraction of sp³-hybridized carbons (Fsp3) is 0.571. The van der Waals surface area contributed by atoms with Crippen LogP contribution in [-0.4, -0.2) is 0 Å². The molecular weight excluding hydrogens is 272 g/mol. The molecule has 0 fully saturated rings. The molecule has 2 unspecified atom stereocenters. The van der Waals surface area contributed by atoms with Crippen LogP contribution in [0.15, 0.2) is 12.1 Å². The fourth-order valence-electron chi connectivity index (χ4n) is 2.39. The van der Waals surface area contributed by atoms with Gasteiger partial charge in [-0.25, -0.2) is 4.39 Å². The lowest BCUT2D eigenvalue weighted by molar-refractivity contribution is 0.345. The minimum Gasteiger partial charge on any atom is -0.322 e. The van der Waals surface area contributed by atoms with Gasteiger partial charge in [0, 0.05) is 10.6 Å². The van der Waals surface area contributed by atoms with Gasteiger partial charge in [-0.1, -0.05) is 49.9 Å². The summed E-state index contributed by atoms with van der Waals surface area (Å²) in [6, 6.07) is 2.77. The van der Waals surface area contributed by atoms with Crippen LogP contribution in [0.5, 0.6) is 0 Å². The second-order valence-electron chi connectivity index (χ2n) is 5.26. The van der Waals surface area contributed by atoms with Crippen LogP contribution in [0.1, 0.15) is 45.6 Å². The largest absolute Gasteiger partial charge is 0.322 e. The van der Waals surface area contributed by atoms with E-state index in [1.165, 1.54) is 12.1 Å². The molecule has 2 N–H and O–H groups in total. The van der Waals surface area contributed by atoms with E-state index in [4.69, 9.17) is 28.9 Å². The first-order chi connectivity index (χ1) is 8.27. The van der Waals surface area contributed by atoms with Crippen LogP contribution in [0, 0.1) is 11.7 Å². The lowest BCUT2D eigenvalue weighted by Gasteiger charge is -2.29. The average molecular weight is 292 g/mol. The maximum atomic E-state index is 13.5.